The average Bonchev–Trinajstić information content (AvgIpc) is 3.14. The Bertz CT molecular complexity index is 709. The number of H-pyrrole nitrogens is 1. The molecule has 24 heavy (non-hydrogen) atoms. The van der Waals surface area contributed by atoms with Crippen LogP contribution in [0.2, 0.25) is 0 Å². The van der Waals surface area contributed by atoms with Crippen molar-refractivity contribution in [1.29, 1.82) is 0 Å². The van der Waals surface area contributed by atoms with Crippen molar-refractivity contribution in [3.63, 3.8) is 0 Å². The first-order chi connectivity index (χ1) is 11.2. The van der Waals surface area contributed by atoms with Gasteiger partial charge in [-0.05, 0) is 18.1 Å². The van der Waals surface area contributed by atoms with Crippen molar-refractivity contribution >= 4 is 17.8 Å². The zero-order chi connectivity index (χ0) is 17.9. The van der Waals surface area contributed by atoms with Crippen molar-refractivity contribution in [3.8, 4) is 0 Å². The summed E-state index contributed by atoms with van der Waals surface area (Å²) in [7, 11) is 0. The topological polar surface area (TPSA) is 113 Å². The van der Waals surface area contributed by atoms with Crippen LogP contribution in [0.15, 0.2) is 22.8 Å². The molecule has 0 unspecified atom stereocenters. The molecule has 0 radical (unpaired) electrons. The third-order valence-electron chi connectivity index (χ3n) is 2.97. The largest absolute Gasteiger partial charge is 0.459 e. The van der Waals surface area contributed by atoms with Crippen molar-refractivity contribution in [2.75, 3.05) is 5.32 Å². The van der Waals surface area contributed by atoms with E-state index in [1.807, 2.05) is 0 Å². The molecule has 0 bridgehead atoms. The van der Waals surface area contributed by atoms with Crippen molar-refractivity contribution in [2.45, 2.75) is 26.1 Å². The van der Waals surface area contributed by atoms with Gasteiger partial charge in [-0.2, -0.15) is 18.2 Å². The number of alkyl halides is 3. The molecule has 0 aliphatic rings. The van der Waals surface area contributed by atoms with E-state index in [2.05, 4.69) is 20.7 Å². The van der Waals surface area contributed by atoms with Crippen LogP contribution in [0.4, 0.5) is 19.1 Å². The van der Waals surface area contributed by atoms with Gasteiger partial charge in [-0.1, -0.05) is 13.8 Å². The van der Waals surface area contributed by atoms with Crippen molar-refractivity contribution in [3.05, 3.63) is 30.0 Å². The Morgan fingerprint density at radius 3 is 2.54 bits per heavy atom. The van der Waals surface area contributed by atoms with Crippen LogP contribution in [0, 0.1) is 5.92 Å². The van der Waals surface area contributed by atoms with E-state index in [1.54, 1.807) is 18.9 Å². The summed E-state index contributed by atoms with van der Waals surface area (Å²) in [5.41, 5.74) is 0. The first kappa shape index (κ1) is 17.5. The van der Waals surface area contributed by atoms with Crippen LogP contribution in [-0.4, -0.2) is 33.0 Å². The number of carbonyl (C=O) groups excluding carboxylic acids is 2. The van der Waals surface area contributed by atoms with E-state index >= 15 is 0 Å². The summed E-state index contributed by atoms with van der Waals surface area (Å²) in [6.07, 6.45) is -3.41. The van der Waals surface area contributed by atoms with Gasteiger partial charge in [0.2, 0.25) is 17.7 Å². The van der Waals surface area contributed by atoms with Crippen LogP contribution in [0.1, 0.15) is 30.2 Å². The van der Waals surface area contributed by atoms with Gasteiger partial charge in [0.05, 0.1) is 6.26 Å². The fraction of sp³-hybridized carbons (Fsp3) is 0.385. The number of anilines is 1. The molecule has 2 amide bonds. The maximum atomic E-state index is 12.4. The summed E-state index contributed by atoms with van der Waals surface area (Å²) in [5, 5.41) is 9.53. The molecule has 0 spiro atoms. The highest BCUT2D eigenvalue weighted by atomic mass is 19.4. The third kappa shape index (κ3) is 4.12. The van der Waals surface area contributed by atoms with Gasteiger partial charge < -0.3 is 9.73 Å². The summed E-state index contributed by atoms with van der Waals surface area (Å²) in [6, 6.07) is 1.90. The lowest BCUT2D eigenvalue weighted by molar-refractivity contribution is -0.144. The van der Waals surface area contributed by atoms with E-state index in [4.69, 9.17) is 4.42 Å². The van der Waals surface area contributed by atoms with Gasteiger partial charge in [-0.25, -0.2) is 0 Å². The second kappa shape index (κ2) is 6.72. The fourth-order valence-corrected chi connectivity index (χ4v) is 1.79. The molecule has 11 heteroatoms. The minimum atomic E-state index is -4.71. The standard InChI is InChI=1S/C13H14F3N5O3/c1-6(2)8(17-9(22)7-4-3-5-24-7)10(23)18-12-19-11(20-21-12)13(14,15)16/h3-6,8H,1-2H3,(H,17,22)(H2,18,19,20,21,23)/t8-/m0/s1. The molecule has 2 rings (SSSR count). The molecule has 130 valence electrons. The Morgan fingerprint density at radius 1 is 1.33 bits per heavy atom. The number of furan rings is 1. The summed E-state index contributed by atoms with van der Waals surface area (Å²) in [5.74, 6) is -3.59. The number of aromatic amines is 1. The zero-order valence-corrected chi connectivity index (χ0v) is 12.6. The van der Waals surface area contributed by atoms with E-state index in [0.717, 1.165) is 0 Å². The lowest BCUT2D eigenvalue weighted by Gasteiger charge is -2.20. The summed E-state index contributed by atoms with van der Waals surface area (Å²) >= 11 is 0. The van der Waals surface area contributed by atoms with Gasteiger partial charge in [0.1, 0.15) is 6.04 Å². The molecule has 0 saturated heterocycles. The van der Waals surface area contributed by atoms with Crippen LogP contribution >= 0.6 is 0 Å². The SMILES string of the molecule is CC(C)[C@H](NC(=O)c1ccco1)C(=O)Nc1n[nH]c(C(F)(F)F)n1. The Labute approximate surface area is 133 Å². The Morgan fingerprint density at radius 2 is 2.04 bits per heavy atom. The van der Waals surface area contributed by atoms with Crippen LogP contribution in [0.3, 0.4) is 0 Å². The number of hydrogen-bond donors (Lipinski definition) is 3. The maximum Gasteiger partial charge on any atom is 0.451 e. The van der Waals surface area contributed by atoms with Gasteiger partial charge in [0, 0.05) is 0 Å². The van der Waals surface area contributed by atoms with E-state index in [0.29, 0.717) is 0 Å². The molecule has 0 fully saturated rings. The molecule has 1 atom stereocenters. The highest BCUT2D eigenvalue weighted by Crippen LogP contribution is 2.26. The van der Waals surface area contributed by atoms with Gasteiger partial charge in [-0.3, -0.25) is 20.0 Å². The van der Waals surface area contributed by atoms with Crippen LogP contribution < -0.4 is 10.6 Å². The molecule has 2 aromatic rings. The van der Waals surface area contributed by atoms with Crippen LogP contribution in [-0.2, 0) is 11.0 Å². The monoisotopic (exact) mass is 345 g/mol. The molecule has 2 aromatic heterocycles. The number of nitrogens with zero attached hydrogens (tertiary/aromatic N) is 2. The molecule has 2 heterocycles. The van der Waals surface area contributed by atoms with E-state index < -0.39 is 35.8 Å². The highest BCUT2D eigenvalue weighted by molar-refractivity contribution is 5.99. The minimum Gasteiger partial charge on any atom is -0.459 e. The minimum absolute atomic E-state index is 0.00528. The number of carbonyl (C=O) groups is 2. The molecule has 3 N–H and O–H groups in total. The van der Waals surface area contributed by atoms with E-state index in [9.17, 15) is 22.8 Å². The summed E-state index contributed by atoms with van der Waals surface area (Å²) < 4.78 is 42.2. The molecule has 0 aromatic carbocycles. The van der Waals surface area contributed by atoms with Gasteiger partial charge in [-0.15, -0.1) is 5.10 Å². The zero-order valence-electron chi connectivity index (χ0n) is 12.6. The van der Waals surface area contributed by atoms with Gasteiger partial charge in [0.15, 0.2) is 5.76 Å². The Kier molecular flexibility index (Phi) is 4.90. The smallest absolute Gasteiger partial charge is 0.451 e. The van der Waals surface area contributed by atoms with Gasteiger partial charge in [0.25, 0.3) is 5.91 Å². The molecule has 0 saturated carbocycles. The number of halogens is 3. The molecular weight excluding hydrogens is 331 g/mol. The summed E-state index contributed by atoms with van der Waals surface area (Å²) in [4.78, 5) is 27.3. The first-order valence-electron chi connectivity index (χ1n) is 6.83. The molecule has 0 aliphatic heterocycles. The van der Waals surface area contributed by atoms with Crippen molar-refractivity contribution < 1.29 is 27.2 Å². The fourth-order valence-electron chi connectivity index (χ4n) is 1.79. The number of aromatic nitrogens is 3. The van der Waals surface area contributed by atoms with Crippen LogP contribution in [0.5, 0.6) is 0 Å². The number of rotatable bonds is 5. The lowest BCUT2D eigenvalue weighted by Crippen LogP contribution is -2.47. The van der Waals surface area contributed by atoms with E-state index in [1.165, 1.54) is 18.4 Å². The second-order valence-corrected chi connectivity index (χ2v) is 5.17. The quantitative estimate of drug-likeness (QED) is 0.765. The first-order valence-corrected chi connectivity index (χ1v) is 6.83. The summed E-state index contributed by atoms with van der Waals surface area (Å²) in [6.45, 7) is 3.32. The normalized spacial score (nSPS) is 12.9. The van der Waals surface area contributed by atoms with Gasteiger partial charge >= 0.3 is 6.18 Å². The molecular formula is C13H14F3N5O3. The molecule has 8 nitrogen and oxygen atoms in total. The van der Waals surface area contributed by atoms with Crippen LogP contribution in [0.25, 0.3) is 0 Å². The predicted octanol–water partition coefficient (Wildman–Crippen LogP) is 1.81. The number of nitrogens with one attached hydrogen (secondary N) is 3. The number of hydrogen-bond acceptors (Lipinski definition) is 5. The predicted molar refractivity (Wildman–Crippen MR) is 74.8 cm³/mol. The highest BCUT2D eigenvalue weighted by Gasteiger charge is 2.36. The van der Waals surface area contributed by atoms with Crippen molar-refractivity contribution in [2.24, 2.45) is 5.92 Å². The lowest BCUT2D eigenvalue weighted by atomic mass is 10.0. The van der Waals surface area contributed by atoms with E-state index in [-0.39, 0.29) is 11.7 Å². The Hall–Kier alpha value is -2.85. The average molecular weight is 345 g/mol. The maximum absolute atomic E-state index is 12.4. The molecule has 0 aliphatic carbocycles. The third-order valence-corrected chi connectivity index (χ3v) is 2.97. The second-order valence-electron chi connectivity index (χ2n) is 5.17. The number of amides is 2. The Balaban J connectivity index is 2.06. The van der Waals surface area contributed by atoms with Crippen molar-refractivity contribution in [1.82, 2.24) is 20.5 Å².